The summed E-state index contributed by atoms with van der Waals surface area (Å²) in [6, 6.07) is 7.78. The molecule has 98 valence electrons. The average Bonchev–Trinajstić information content (AvgIpc) is 2.40. The molecule has 0 spiro atoms. The minimum atomic E-state index is 0.293. The zero-order chi connectivity index (χ0) is 12.8. The Bertz CT molecular complexity index is 411. The summed E-state index contributed by atoms with van der Waals surface area (Å²) in [7, 11) is 0. The minimum absolute atomic E-state index is 0.293. The number of rotatable bonds is 5. The summed E-state index contributed by atoms with van der Waals surface area (Å²) in [5.41, 5.74) is 2.75. The lowest BCUT2D eigenvalue weighted by atomic mass is 9.97. The van der Waals surface area contributed by atoms with Crippen LogP contribution in [0.4, 0.5) is 0 Å². The van der Waals surface area contributed by atoms with Gasteiger partial charge in [-0.1, -0.05) is 23.8 Å². The highest BCUT2D eigenvalue weighted by Gasteiger charge is 2.07. The van der Waals surface area contributed by atoms with Gasteiger partial charge in [0.05, 0.1) is 0 Å². The predicted molar refractivity (Wildman–Crippen MR) is 75.7 cm³/mol. The molecule has 1 atom stereocenters. The molecule has 0 saturated heterocycles. The highest BCUT2D eigenvalue weighted by Crippen LogP contribution is 2.21. The molecule has 18 heavy (non-hydrogen) atoms. The molecule has 0 amide bonds. The highest BCUT2D eigenvalue weighted by molar-refractivity contribution is 5.29. The standard InChI is InChI=1S/C16H23NO/c1-13(15-8-5-9-16(18)12-15)17-11-10-14-6-3-2-4-7-14/h5-6,8-9,12-13,17-18H,2-4,7,10-11H2,1H3. The molecule has 0 heterocycles. The van der Waals surface area contributed by atoms with Crippen LogP contribution in [0.3, 0.4) is 0 Å². The van der Waals surface area contributed by atoms with E-state index in [0.717, 1.165) is 18.5 Å². The minimum Gasteiger partial charge on any atom is -0.508 e. The summed E-state index contributed by atoms with van der Waals surface area (Å²) in [6.07, 6.45) is 8.82. The predicted octanol–water partition coefficient (Wildman–Crippen LogP) is 3.93. The number of allylic oxidation sites excluding steroid dienone is 1. The van der Waals surface area contributed by atoms with Gasteiger partial charge >= 0.3 is 0 Å². The van der Waals surface area contributed by atoms with Gasteiger partial charge in [-0.05, 0) is 63.3 Å². The van der Waals surface area contributed by atoms with Gasteiger partial charge in [0, 0.05) is 6.04 Å². The van der Waals surface area contributed by atoms with Crippen LogP contribution in [0.1, 0.15) is 50.6 Å². The van der Waals surface area contributed by atoms with Crippen molar-refractivity contribution in [3.05, 3.63) is 41.5 Å². The first-order valence-corrected chi connectivity index (χ1v) is 6.96. The molecular weight excluding hydrogens is 222 g/mol. The topological polar surface area (TPSA) is 32.3 Å². The Balaban J connectivity index is 1.77. The van der Waals surface area contributed by atoms with Crippen molar-refractivity contribution in [3.63, 3.8) is 0 Å². The Hall–Kier alpha value is -1.28. The summed E-state index contributed by atoms with van der Waals surface area (Å²) in [4.78, 5) is 0. The fourth-order valence-corrected chi connectivity index (χ4v) is 2.49. The molecule has 1 unspecified atom stereocenters. The maximum Gasteiger partial charge on any atom is 0.115 e. The number of nitrogens with one attached hydrogen (secondary N) is 1. The van der Waals surface area contributed by atoms with Crippen LogP contribution >= 0.6 is 0 Å². The molecule has 1 aliphatic carbocycles. The van der Waals surface area contributed by atoms with E-state index in [1.165, 1.54) is 25.7 Å². The summed E-state index contributed by atoms with van der Waals surface area (Å²) >= 11 is 0. The van der Waals surface area contributed by atoms with Crippen LogP contribution in [-0.2, 0) is 0 Å². The van der Waals surface area contributed by atoms with E-state index in [2.05, 4.69) is 24.4 Å². The highest BCUT2D eigenvalue weighted by atomic mass is 16.3. The van der Waals surface area contributed by atoms with Crippen molar-refractivity contribution in [2.24, 2.45) is 0 Å². The van der Waals surface area contributed by atoms with E-state index in [1.54, 1.807) is 11.6 Å². The first kappa shape index (κ1) is 13.2. The largest absolute Gasteiger partial charge is 0.508 e. The van der Waals surface area contributed by atoms with Crippen LogP contribution in [0.2, 0.25) is 0 Å². The zero-order valence-electron chi connectivity index (χ0n) is 11.2. The van der Waals surface area contributed by atoms with Gasteiger partial charge < -0.3 is 10.4 Å². The number of phenols is 1. The van der Waals surface area contributed by atoms with E-state index in [9.17, 15) is 5.11 Å². The molecule has 0 saturated carbocycles. The Morgan fingerprint density at radius 3 is 2.94 bits per heavy atom. The first-order chi connectivity index (χ1) is 8.75. The van der Waals surface area contributed by atoms with E-state index in [0.29, 0.717) is 11.8 Å². The lowest BCUT2D eigenvalue weighted by Gasteiger charge is -2.17. The normalized spacial score (nSPS) is 17.3. The molecule has 2 rings (SSSR count). The number of benzene rings is 1. The van der Waals surface area contributed by atoms with Crippen LogP contribution in [0.5, 0.6) is 5.75 Å². The molecule has 1 aliphatic rings. The number of aromatic hydroxyl groups is 1. The summed E-state index contributed by atoms with van der Waals surface area (Å²) in [6.45, 7) is 3.16. The smallest absolute Gasteiger partial charge is 0.115 e. The third-order valence-electron chi connectivity index (χ3n) is 3.65. The monoisotopic (exact) mass is 245 g/mol. The van der Waals surface area contributed by atoms with Crippen molar-refractivity contribution < 1.29 is 5.11 Å². The van der Waals surface area contributed by atoms with E-state index in [1.807, 2.05) is 12.1 Å². The number of phenolic OH excluding ortho intramolecular Hbond substituents is 1. The third-order valence-corrected chi connectivity index (χ3v) is 3.65. The second kappa shape index (κ2) is 6.60. The van der Waals surface area contributed by atoms with Crippen molar-refractivity contribution in [3.8, 4) is 5.75 Å². The van der Waals surface area contributed by atoms with Gasteiger partial charge in [-0.2, -0.15) is 0 Å². The van der Waals surface area contributed by atoms with Crippen molar-refractivity contribution in [1.29, 1.82) is 0 Å². The van der Waals surface area contributed by atoms with Gasteiger partial charge in [0.25, 0.3) is 0 Å². The van der Waals surface area contributed by atoms with Gasteiger partial charge in [0.1, 0.15) is 5.75 Å². The molecule has 0 radical (unpaired) electrons. The lowest BCUT2D eigenvalue weighted by molar-refractivity contribution is 0.472. The van der Waals surface area contributed by atoms with E-state index in [-0.39, 0.29) is 0 Å². The van der Waals surface area contributed by atoms with Crippen molar-refractivity contribution in [2.45, 2.75) is 45.1 Å². The van der Waals surface area contributed by atoms with Crippen LogP contribution in [-0.4, -0.2) is 11.7 Å². The van der Waals surface area contributed by atoms with Crippen molar-refractivity contribution in [2.75, 3.05) is 6.54 Å². The second-order valence-electron chi connectivity index (χ2n) is 5.13. The van der Waals surface area contributed by atoms with Crippen LogP contribution < -0.4 is 5.32 Å². The zero-order valence-corrected chi connectivity index (χ0v) is 11.2. The molecule has 2 heteroatoms. The molecule has 0 aromatic heterocycles. The molecule has 0 fully saturated rings. The number of hydrogen-bond acceptors (Lipinski definition) is 2. The summed E-state index contributed by atoms with van der Waals surface area (Å²) in [5.74, 6) is 0.344. The fraction of sp³-hybridized carbons (Fsp3) is 0.500. The van der Waals surface area contributed by atoms with Crippen LogP contribution in [0.25, 0.3) is 0 Å². The molecule has 0 aliphatic heterocycles. The summed E-state index contributed by atoms with van der Waals surface area (Å²) in [5, 5.41) is 13.0. The van der Waals surface area contributed by atoms with Crippen molar-refractivity contribution in [1.82, 2.24) is 5.32 Å². The first-order valence-electron chi connectivity index (χ1n) is 6.96. The van der Waals surface area contributed by atoms with E-state index < -0.39 is 0 Å². The fourth-order valence-electron chi connectivity index (χ4n) is 2.49. The molecule has 2 N–H and O–H groups in total. The molecular formula is C16H23NO. The second-order valence-corrected chi connectivity index (χ2v) is 5.13. The summed E-state index contributed by atoms with van der Waals surface area (Å²) < 4.78 is 0. The number of hydrogen-bond donors (Lipinski definition) is 2. The molecule has 0 bridgehead atoms. The maximum atomic E-state index is 9.45. The Morgan fingerprint density at radius 2 is 2.22 bits per heavy atom. The lowest BCUT2D eigenvalue weighted by Crippen LogP contribution is -2.20. The SMILES string of the molecule is CC(NCCC1=CCCCC1)c1cccc(O)c1. The maximum absolute atomic E-state index is 9.45. The molecule has 1 aromatic carbocycles. The Labute approximate surface area is 110 Å². The van der Waals surface area contributed by atoms with Gasteiger partial charge in [-0.3, -0.25) is 0 Å². The van der Waals surface area contributed by atoms with E-state index in [4.69, 9.17) is 0 Å². The van der Waals surface area contributed by atoms with Crippen LogP contribution in [0, 0.1) is 0 Å². The van der Waals surface area contributed by atoms with E-state index >= 15 is 0 Å². The Morgan fingerprint density at radius 1 is 1.33 bits per heavy atom. The molecule has 1 aromatic rings. The van der Waals surface area contributed by atoms with Crippen LogP contribution in [0.15, 0.2) is 35.9 Å². The third kappa shape index (κ3) is 3.88. The van der Waals surface area contributed by atoms with Crippen molar-refractivity contribution >= 4 is 0 Å². The van der Waals surface area contributed by atoms with Gasteiger partial charge in [-0.15, -0.1) is 0 Å². The Kier molecular flexibility index (Phi) is 4.82. The average molecular weight is 245 g/mol. The molecule has 2 nitrogen and oxygen atoms in total. The van der Waals surface area contributed by atoms with Gasteiger partial charge in [0.2, 0.25) is 0 Å². The van der Waals surface area contributed by atoms with Gasteiger partial charge in [-0.25, -0.2) is 0 Å². The quantitative estimate of drug-likeness (QED) is 0.770. The van der Waals surface area contributed by atoms with Gasteiger partial charge in [0.15, 0.2) is 0 Å².